The summed E-state index contributed by atoms with van der Waals surface area (Å²) in [6.45, 7) is 13.5. The highest BCUT2D eigenvalue weighted by Crippen LogP contribution is 2.36. The van der Waals surface area contributed by atoms with Crippen LogP contribution in [0.4, 0.5) is 8.78 Å². The third-order valence-corrected chi connectivity index (χ3v) is 6.69. The number of hydrogen-bond donors (Lipinski definition) is 0. The smallest absolute Gasteiger partial charge is 0.399 e. The van der Waals surface area contributed by atoms with Crippen LogP contribution < -0.4 is 11.0 Å². The van der Waals surface area contributed by atoms with Crippen LogP contribution in [-0.2, 0) is 21.3 Å². The molecular weight excluding hydrogens is 425 g/mol. The molecule has 3 aromatic rings. The van der Waals surface area contributed by atoms with Crippen molar-refractivity contribution in [2.45, 2.75) is 71.6 Å². The molecule has 174 valence electrons. The number of hydrogen-bond acceptors (Lipinski definition) is 4. The van der Waals surface area contributed by atoms with E-state index < -0.39 is 35.5 Å². The van der Waals surface area contributed by atoms with Crippen LogP contribution in [0.3, 0.4) is 0 Å². The average molecular weight is 454 g/mol. The highest BCUT2D eigenvalue weighted by Gasteiger charge is 2.51. The molecule has 0 atom stereocenters. The second-order valence-electron chi connectivity index (χ2n) is 10.7. The highest BCUT2D eigenvalue weighted by atomic mass is 19.1. The van der Waals surface area contributed by atoms with Crippen LogP contribution >= 0.6 is 0 Å². The molecule has 1 aliphatic heterocycles. The van der Waals surface area contributed by atoms with E-state index in [-0.39, 0.29) is 22.9 Å². The van der Waals surface area contributed by atoms with Gasteiger partial charge in [-0.05, 0) is 62.3 Å². The molecule has 0 spiro atoms. The van der Waals surface area contributed by atoms with E-state index in [1.807, 2.05) is 48.5 Å². The van der Waals surface area contributed by atoms with Gasteiger partial charge in [-0.25, -0.2) is 13.5 Å². The maximum absolute atomic E-state index is 15.0. The molecule has 0 saturated carbocycles. The molecule has 4 rings (SSSR count). The highest BCUT2D eigenvalue weighted by molar-refractivity contribution is 6.62. The van der Waals surface area contributed by atoms with Crippen molar-refractivity contribution in [3.63, 3.8) is 0 Å². The number of fused-ring (bicyclic) bond motifs is 1. The largest absolute Gasteiger partial charge is 0.494 e. The standard InChI is InChI=1S/C25H29BF2N2O3/c1-23(2,3)17-10-16-13-29-30(22(31)21(16)20(28)11-17)14-15-8-9-18(12-19(15)27)26-32-24(4,5)25(6,7)33-26/h8-13H,14H2,1-7H3. The molecule has 0 aliphatic carbocycles. The minimum absolute atomic E-state index is 0.0488. The minimum Gasteiger partial charge on any atom is -0.399 e. The Morgan fingerprint density at radius 3 is 2.21 bits per heavy atom. The first-order chi connectivity index (χ1) is 15.2. The first kappa shape index (κ1) is 23.6. The maximum atomic E-state index is 15.0. The molecule has 0 bridgehead atoms. The Morgan fingerprint density at radius 2 is 1.64 bits per heavy atom. The van der Waals surface area contributed by atoms with Crippen molar-refractivity contribution in [3.05, 3.63) is 69.6 Å². The van der Waals surface area contributed by atoms with Crippen molar-refractivity contribution in [1.82, 2.24) is 9.78 Å². The fraction of sp³-hybridized carbons (Fsp3) is 0.440. The van der Waals surface area contributed by atoms with Crippen LogP contribution in [0.1, 0.15) is 59.6 Å². The Kier molecular flexibility index (Phi) is 5.53. The number of aromatic nitrogens is 2. The molecule has 0 unspecified atom stereocenters. The molecule has 5 nitrogen and oxygen atoms in total. The van der Waals surface area contributed by atoms with E-state index in [0.29, 0.717) is 10.8 Å². The fourth-order valence-electron chi connectivity index (χ4n) is 3.79. The van der Waals surface area contributed by atoms with E-state index in [1.54, 1.807) is 18.2 Å². The van der Waals surface area contributed by atoms with Crippen molar-refractivity contribution in [2.24, 2.45) is 0 Å². The summed E-state index contributed by atoms with van der Waals surface area (Å²) >= 11 is 0. The molecule has 0 N–H and O–H groups in total. The van der Waals surface area contributed by atoms with E-state index in [0.717, 1.165) is 10.2 Å². The Balaban J connectivity index is 1.64. The maximum Gasteiger partial charge on any atom is 0.494 e. The van der Waals surface area contributed by atoms with Crippen molar-refractivity contribution in [2.75, 3.05) is 0 Å². The van der Waals surface area contributed by atoms with Crippen molar-refractivity contribution in [3.8, 4) is 0 Å². The Bertz CT molecular complexity index is 1280. The van der Waals surface area contributed by atoms with Gasteiger partial charge in [-0.2, -0.15) is 5.10 Å². The summed E-state index contributed by atoms with van der Waals surface area (Å²) in [7, 11) is -0.689. The molecular formula is C25H29BF2N2O3. The van der Waals surface area contributed by atoms with Gasteiger partial charge in [0.15, 0.2) is 0 Å². The third kappa shape index (κ3) is 4.22. The van der Waals surface area contributed by atoms with Gasteiger partial charge in [0.05, 0.1) is 29.3 Å². The summed E-state index contributed by atoms with van der Waals surface area (Å²) in [5, 5.41) is 4.55. The summed E-state index contributed by atoms with van der Waals surface area (Å²) in [6, 6.07) is 7.79. The van der Waals surface area contributed by atoms with Crippen molar-refractivity contribution < 1.29 is 18.1 Å². The lowest BCUT2D eigenvalue weighted by Gasteiger charge is -2.32. The molecule has 8 heteroatoms. The first-order valence-electron chi connectivity index (χ1n) is 11.0. The molecule has 1 fully saturated rings. The average Bonchev–Trinajstić information content (AvgIpc) is 2.91. The molecule has 1 aromatic heterocycles. The van der Waals surface area contributed by atoms with Gasteiger partial charge in [-0.1, -0.05) is 32.9 Å². The lowest BCUT2D eigenvalue weighted by Crippen LogP contribution is -2.41. The number of rotatable bonds is 3. The molecule has 2 heterocycles. The summed E-state index contributed by atoms with van der Waals surface area (Å²) in [5.74, 6) is -1.12. The van der Waals surface area contributed by atoms with Crippen LogP contribution in [0.5, 0.6) is 0 Å². The van der Waals surface area contributed by atoms with Crippen LogP contribution in [0.15, 0.2) is 41.3 Å². The molecule has 0 radical (unpaired) electrons. The van der Waals surface area contributed by atoms with E-state index in [1.165, 1.54) is 18.3 Å². The Hall–Kier alpha value is -2.58. The molecule has 0 amide bonds. The van der Waals surface area contributed by atoms with Gasteiger partial charge < -0.3 is 9.31 Å². The van der Waals surface area contributed by atoms with Gasteiger partial charge in [0.1, 0.15) is 11.6 Å². The van der Waals surface area contributed by atoms with Gasteiger partial charge in [0, 0.05) is 10.9 Å². The topological polar surface area (TPSA) is 53.4 Å². The normalized spacial score (nSPS) is 17.7. The summed E-state index contributed by atoms with van der Waals surface area (Å²) in [5.41, 5.74) is -0.356. The van der Waals surface area contributed by atoms with E-state index in [4.69, 9.17) is 9.31 Å². The first-order valence-corrected chi connectivity index (χ1v) is 11.0. The van der Waals surface area contributed by atoms with Crippen LogP contribution in [-0.4, -0.2) is 28.1 Å². The fourth-order valence-corrected chi connectivity index (χ4v) is 3.79. The predicted molar refractivity (Wildman–Crippen MR) is 126 cm³/mol. The van der Waals surface area contributed by atoms with E-state index in [2.05, 4.69) is 5.10 Å². The van der Waals surface area contributed by atoms with Gasteiger partial charge in [-0.15, -0.1) is 0 Å². The zero-order valence-electron chi connectivity index (χ0n) is 20.1. The Labute approximate surface area is 192 Å². The van der Waals surface area contributed by atoms with E-state index in [9.17, 15) is 13.6 Å². The summed E-state index contributed by atoms with van der Waals surface area (Å²) in [4.78, 5) is 12.9. The Morgan fingerprint density at radius 1 is 1.00 bits per heavy atom. The summed E-state index contributed by atoms with van der Waals surface area (Å²) in [6.07, 6.45) is 1.45. The second kappa shape index (κ2) is 7.74. The van der Waals surface area contributed by atoms with Crippen LogP contribution in [0.25, 0.3) is 10.8 Å². The number of benzene rings is 2. The SMILES string of the molecule is CC(C)(C)c1cc(F)c2c(=O)n(Cc3ccc(B4OC(C)(C)C(C)(C)O4)cc3F)ncc2c1. The molecule has 2 aromatic carbocycles. The minimum atomic E-state index is -0.689. The quantitative estimate of drug-likeness (QED) is 0.554. The monoisotopic (exact) mass is 454 g/mol. The second-order valence-corrected chi connectivity index (χ2v) is 10.7. The zero-order chi connectivity index (χ0) is 24.3. The van der Waals surface area contributed by atoms with Gasteiger partial charge >= 0.3 is 7.12 Å². The summed E-state index contributed by atoms with van der Waals surface area (Å²) < 4.78 is 42.8. The van der Waals surface area contributed by atoms with E-state index >= 15 is 0 Å². The van der Waals surface area contributed by atoms with Crippen LogP contribution in [0.2, 0.25) is 0 Å². The zero-order valence-corrected chi connectivity index (χ0v) is 20.1. The van der Waals surface area contributed by atoms with Gasteiger partial charge in [0.2, 0.25) is 0 Å². The lowest BCUT2D eigenvalue weighted by atomic mass is 9.78. The molecule has 33 heavy (non-hydrogen) atoms. The van der Waals surface area contributed by atoms with Gasteiger partial charge in [0.25, 0.3) is 5.56 Å². The number of nitrogens with zero attached hydrogens (tertiary/aromatic N) is 2. The molecule has 1 aliphatic rings. The third-order valence-electron chi connectivity index (χ3n) is 6.69. The lowest BCUT2D eigenvalue weighted by molar-refractivity contribution is 0.00578. The van der Waals surface area contributed by atoms with Crippen LogP contribution in [0, 0.1) is 11.6 Å². The molecule has 1 saturated heterocycles. The predicted octanol–water partition coefficient (Wildman–Crippen LogP) is 4.32. The number of halogens is 2. The van der Waals surface area contributed by atoms with Crippen molar-refractivity contribution >= 4 is 23.4 Å². The van der Waals surface area contributed by atoms with Crippen molar-refractivity contribution in [1.29, 1.82) is 0 Å². The van der Waals surface area contributed by atoms with Gasteiger partial charge in [-0.3, -0.25) is 4.79 Å².